The monoisotopic (exact) mass is 449 g/mol. The number of carbonyl (C=O) groups is 3. The van der Waals surface area contributed by atoms with E-state index in [0.717, 1.165) is 5.82 Å². The maximum atomic E-state index is 13.3. The lowest BCUT2D eigenvalue weighted by molar-refractivity contribution is -0.135. The summed E-state index contributed by atoms with van der Waals surface area (Å²) < 4.78 is 3.10. The van der Waals surface area contributed by atoms with Crippen LogP contribution in [0.15, 0.2) is 23.0 Å². The van der Waals surface area contributed by atoms with Gasteiger partial charge >= 0.3 is 0 Å². The number of nitrogens with one attached hydrogen (secondary N) is 2. The second-order valence-corrected chi connectivity index (χ2v) is 8.49. The molecule has 2 atom stereocenters. The van der Waals surface area contributed by atoms with Crippen LogP contribution in [0.4, 0.5) is 5.69 Å². The number of aromatic nitrogens is 5. The molecule has 0 spiro atoms. The van der Waals surface area contributed by atoms with Crippen molar-refractivity contribution in [3.05, 3.63) is 46.0 Å². The van der Waals surface area contributed by atoms with Gasteiger partial charge in [-0.3, -0.25) is 29.1 Å². The van der Waals surface area contributed by atoms with Crippen molar-refractivity contribution >= 4 is 34.3 Å². The molecule has 11 heteroatoms. The van der Waals surface area contributed by atoms with Gasteiger partial charge in [-0.15, -0.1) is 0 Å². The number of amides is 3. The Bertz CT molecular complexity index is 1370. The molecule has 170 valence electrons. The number of hydrogen-bond donors (Lipinski definition) is 2. The summed E-state index contributed by atoms with van der Waals surface area (Å²) in [5.74, 6) is 0.594. The molecule has 2 aromatic heterocycles. The first-order chi connectivity index (χ1) is 15.8. The highest BCUT2D eigenvalue weighted by molar-refractivity contribution is 6.01. The van der Waals surface area contributed by atoms with Crippen LogP contribution >= 0.6 is 0 Å². The van der Waals surface area contributed by atoms with Gasteiger partial charge in [0.1, 0.15) is 29.0 Å². The standard InChI is InChI=1S/C22H23N7O4/c1-11-23-17-8-6-13(10-28(17)27-11)20(31)25-15-5-3-4-14-19(15)24-12(2)29(22(14)33)16-7-9-18(30)26-21(16)32/h3-5,13,16H,6-10H2,1-2H3,(H,25,31)(H,26,30,32). The first-order valence-corrected chi connectivity index (χ1v) is 10.9. The van der Waals surface area contributed by atoms with E-state index in [4.69, 9.17) is 0 Å². The Hall–Kier alpha value is -3.89. The summed E-state index contributed by atoms with van der Waals surface area (Å²) in [7, 11) is 0. The lowest BCUT2D eigenvalue weighted by Gasteiger charge is -2.25. The van der Waals surface area contributed by atoms with Gasteiger partial charge in [0.15, 0.2) is 0 Å². The summed E-state index contributed by atoms with van der Waals surface area (Å²) in [6, 6.07) is 4.20. The van der Waals surface area contributed by atoms with Gasteiger partial charge in [-0.25, -0.2) is 14.6 Å². The van der Waals surface area contributed by atoms with Gasteiger partial charge in [-0.05, 0) is 38.8 Å². The molecule has 4 heterocycles. The third-order valence-electron chi connectivity index (χ3n) is 6.22. The molecule has 2 N–H and O–H groups in total. The van der Waals surface area contributed by atoms with Crippen LogP contribution < -0.4 is 16.2 Å². The first-order valence-electron chi connectivity index (χ1n) is 10.9. The molecule has 2 aliphatic heterocycles. The number of rotatable bonds is 3. The van der Waals surface area contributed by atoms with Crippen molar-refractivity contribution in [1.82, 2.24) is 29.6 Å². The molecule has 1 fully saturated rings. The number of fused-ring (bicyclic) bond motifs is 2. The third kappa shape index (κ3) is 3.69. The number of nitrogens with zero attached hydrogens (tertiary/aromatic N) is 5. The minimum Gasteiger partial charge on any atom is -0.324 e. The summed E-state index contributed by atoms with van der Waals surface area (Å²) in [4.78, 5) is 59.1. The number of hydrogen-bond acceptors (Lipinski definition) is 7. The minimum atomic E-state index is -0.798. The second kappa shape index (κ2) is 7.91. The second-order valence-electron chi connectivity index (χ2n) is 8.49. The number of para-hydroxylation sites is 1. The zero-order chi connectivity index (χ0) is 23.3. The van der Waals surface area contributed by atoms with Gasteiger partial charge < -0.3 is 5.32 Å². The SMILES string of the molecule is Cc1nc2n(n1)CC(C(=O)Nc1cccc3c(=O)n(C4CCC(=O)NC4=O)c(C)nc13)CC2. The van der Waals surface area contributed by atoms with Crippen molar-refractivity contribution in [2.45, 2.75) is 52.1 Å². The van der Waals surface area contributed by atoms with E-state index in [9.17, 15) is 19.2 Å². The van der Waals surface area contributed by atoms with Gasteiger partial charge in [0.2, 0.25) is 17.7 Å². The van der Waals surface area contributed by atoms with Gasteiger partial charge in [-0.1, -0.05) is 6.07 Å². The average molecular weight is 449 g/mol. The van der Waals surface area contributed by atoms with Crippen LogP contribution in [-0.4, -0.2) is 42.0 Å². The van der Waals surface area contributed by atoms with Gasteiger partial charge in [0, 0.05) is 12.8 Å². The van der Waals surface area contributed by atoms with Crippen molar-refractivity contribution in [1.29, 1.82) is 0 Å². The number of imide groups is 1. The van der Waals surface area contributed by atoms with E-state index in [0.29, 0.717) is 47.6 Å². The fraction of sp³-hybridized carbons (Fsp3) is 0.409. The zero-order valence-electron chi connectivity index (χ0n) is 18.3. The fourth-order valence-electron chi connectivity index (χ4n) is 4.61. The van der Waals surface area contributed by atoms with Crippen LogP contribution in [0, 0.1) is 19.8 Å². The van der Waals surface area contributed by atoms with Crippen LogP contribution in [-0.2, 0) is 27.3 Å². The Morgan fingerprint density at radius 2 is 1.94 bits per heavy atom. The van der Waals surface area contributed by atoms with Gasteiger partial charge in [0.05, 0.1) is 23.5 Å². The van der Waals surface area contributed by atoms with Gasteiger partial charge in [0.25, 0.3) is 5.56 Å². The highest BCUT2D eigenvalue weighted by Crippen LogP contribution is 2.25. The maximum absolute atomic E-state index is 13.3. The Kier molecular flexibility index (Phi) is 5.03. The quantitative estimate of drug-likeness (QED) is 0.563. The smallest absolute Gasteiger partial charge is 0.262 e. The molecule has 0 bridgehead atoms. The number of piperidine rings is 1. The minimum absolute atomic E-state index is 0.158. The molecular weight excluding hydrogens is 426 g/mol. The predicted octanol–water partition coefficient (Wildman–Crippen LogP) is 0.784. The molecule has 0 radical (unpaired) electrons. The molecule has 1 aromatic carbocycles. The van der Waals surface area contributed by atoms with Crippen LogP contribution in [0.3, 0.4) is 0 Å². The molecule has 2 aliphatic rings. The average Bonchev–Trinajstić information content (AvgIpc) is 3.15. The highest BCUT2D eigenvalue weighted by Gasteiger charge is 2.31. The maximum Gasteiger partial charge on any atom is 0.262 e. The fourth-order valence-corrected chi connectivity index (χ4v) is 4.61. The van der Waals surface area contributed by atoms with Gasteiger partial charge in [-0.2, -0.15) is 5.10 Å². The van der Waals surface area contributed by atoms with Crippen molar-refractivity contribution < 1.29 is 14.4 Å². The first kappa shape index (κ1) is 21.0. The van der Waals surface area contributed by atoms with Crippen molar-refractivity contribution in [3.63, 3.8) is 0 Å². The predicted molar refractivity (Wildman–Crippen MR) is 117 cm³/mol. The van der Waals surface area contributed by atoms with Crippen molar-refractivity contribution in [2.75, 3.05) is 5.32 Å². The van der Waals surface area contributed by atoms with E-state index >= 15 is 0 Å². The number of benzene rings is 1. The number of anilines is 1. The van der Waals surface area contributed by atoms with E-state index in [-0.39, 0.29) is 36.1 Å². The lowest BCUT2D eigenvalue weighted by atomic mass is 9.98. The summed E-state index contributed by atoms with van der Waals surface area (Å²) in [6.45, 7) is 3.91. The summed E-state index contributed by atoms with van der Waals surface area (Å²) in [5.41, 5.74) is 0.419. The van der Waals surface area contributed by atoms with Crippen molar-refractivity contribution in [2.24, 2.45) is 5.92 Å². The molecule has 33 heavy (non-hydrogen) atoms. The Morgan fingerprint density at radius 1 is 1.12 bits per heavy atom. The Labute approximate surface area is 188 Å². The highest BCUT2D eigenvalue weighted by atomic mass is 16.2. The zero-order valence-corrected chi connectivity index (χ0v) is 18.3. The van der Waals surface area contributed by atoms with E-state index in [1.165, 1.54) is 4.57 Å². The molecule has 0 aliphatic carbocycles. The van der Waals surface area contributed by atoms with E-state index in [2.05, 4.69) is 25.7 Å². The molecule has 2 unspecified atom stereocenters. The van der Waals surface area contributed by atoms with Crippen LogP contribution in [0.5, 0.6) is 0 Å². The van der Waals surface area contributed by atoms with E-state index in [1.54, 1.807) is 29.8 Å². The molecule has 0 saturated carbocycles. The summed E-state index contributed by atoms with van der Waals surface area (Å²) in [5, 5.41) is 9.84. The van der Waals surface area contributed by atoms with Crippen LogP contribution in [0.2, 0.25) is 0 Å². The third-order valence-corrected chi connectivity index (χ3v) is 6.22. The summed E-state index contributed by atoms with van der Waals surface area (Å²) >= 11 is 0. The van der Waals surface area contributed by atoms with E-state index < -0.39 is 11.9 Å². The topological polar surface area (TPSA) is 141 Å². The van der Waals surface area contributed by atoms with Crippen LogP contribution in [0.1, 0.15) is 42.8 Å². The molecular formula is C22H23N7O4. The lowest BCUT2D eigenvalue weighted by Crippen LogP contribution is -2.45. The number of carbonyl (C=O) groups excluding carboxylic acids is 3. The summed E-state index contributed by atoms with van der Waals surface area (Å²) in [6.07, 6.45) is 1.72. The normalized spacial score (nSPS) is 20.4. The molecule has 1 saturated heterocycles. The Balaban J connectivity index is 1.45. The van der Waals surface area contributed by atoms with E-state index in [1.807, 2.05) is 6.92 Å². The largest absolute Gasteiger partial charge is 0.324 e. The number of aryl methyl sites for hydroxylation is 3. The molecule has 5 rings (SSSR count). The molecule has 3 aromatic rings. The Morgan fingerprint density at radius 3 is 2.73 bits per heavy atom. The molecule has 11 nitrogen and oxygen atoms in total. The van der Waals surface area contributed by atoms with Crippen molar-refractivity contribution in [3.8, 4) is 0 Å². The molecule has 3 amide bonds. The van der Waals surface area contributed by atoms with Crippen LogP contribution in [0.25, 0.3) is 10.9 Å².